The highest BCUT2D eigenvalue weighted by molar-refractivity contribution is 9.10. The average molecular weight is 328 g/mol. The molecule has 104 valence electrons. The van der Waals surface area contributed by atoms with Gasteiger partial charge < -0.3 is 5.32 Å². The SMILES string of the molecule is CC1(CNC(=O)c2ccc(F)c(Br)c2)CCCCC1. The Hall–Kier alpha value is -0.900. The van der Waals surface area contributed by atoms with Crippen molar-refractivity contribution < 1.29 is 9.18 Å². The lowest BCUT2D eigenvalue weighted by Crippen LogP contribution is -2.37. The fourth-order valence-corrected chi connectivity index (χ4v) is 2.99. The largest absolute Gasteiger partial charge is 0.351 e. The zero-order chi connectivity index (χ0) is 13.9. The van der Waals surface area contributed by atoms with E-state index in [1.807, 2.05) is 0 Å². The molecule has 2 rings (SSSR count). The Kier molecular flexibility index (Phi) is 4.61. The number of hydrogen-bond donors (Lipinski definition) is 1. The molecule has 1 aliphatic rings. The van der Waals surface area contributed by atoms with Crippen molar-refractivity contribution >= 4 is 21.8 Å². The quantitative estimate of drug-likeness (QED) is 0.881. The van der Waals surface area contributed by atoms with E-state index in [4.69, 9.17) is 0 Å². The van der Waals surface area contributed by atoms with Gasteiger partial charge >= 0.3 is 0 Å². The van der Waals surface area contributed by atoms with Crippen molar-refractivity contribution in [3.8, 4) is 0 Å². The maximum absolute atomic E-state index is 13.1. The highest BCUT2D eigenvalue weighted by Gasteiger charge is 2.27. The van der Waals surface area contributed by atoms with Gasteiger partial charge in [-0.2, -0.15) is 0 Å². The van der Waals surface area contributed by atoms with Crippen LogP contribution in [0.25, 0.3) is 0 Å². The van der Waals surface area contributed by atoms with E-state index >= 15 is 0 Å². The van der Waals surface area contributed by atoms with E-state index in [0.29, 0.717) is 16.6 Å². The van der Waals surface area contributed by atoms with Crippen LogP contribution in [0, 0.1) is 11.2 Å². The zero-order valence-corrected chi connectivity index (χ0v) is 12.7. The molecule has 0 spiro atoms. The van der Waals surface area contributed by atoms with Crippen LogP contribution >= 0.6 is 15.9 Å². The van der Waals surface area contributed by atoms with Crippen LogP contribution in [0.5, 0.6) is 0 Å². The number of amides is 1. The Morgan fingerprint density at radius 3 is 2.68 bits per heavy atom. The van der Waals surface area contributed by atoms with Gasteiger partial charge in [0.05, 0.1) is 4.47 Å². The van der Waals surface area contributed by atoms with Gasteiger partial charge in [0.1, 0.15) is 5.82 Å². The van der Waals surface area contributed by atoms with Gasteiger partial charge in [0.2, 0.25) is 0 Å². The number of carbonyl (C=O) groups is 1. The summed E-state index contributed by atoms with van der Waals surface area (Å²) in [6.45, 7) is 2.92. The molecule has 1 aromatic rings. The Balaban J connectivity index is 1.95. The van der Waals surface area contributed by atoms with Crippen molar-refractivity contribution in [2.75, 3.05) is 6.54 Å². The monoisotopic (exact) mass is 327 g/mol. The van der Waals surface area contributed by atoms with Crippen molar-refractivity contribution in [2.24, 2.45) is 5.41 Å². The molecule has 2 nitrogen and oxygen atoms in total. The van der Waals surface area contributed by atoms with Gasteiger partial charge in [-0.3, -0.25) is 4.79 Å². The molecular weight excluding hydrogens is 309 g/mol. The summed E-state index contributed by atoms with van der Waals surface area (Å²) >= 11 is 3.10. The summed E-state index contributed by atoms with van der Waals surface area (Å²) in [5.74, 6) is -0.483. The third kappa shape index (κ3) is 3.78. The van der Waals surface area contributed by atoms with Gasteiger partial charge in [0.25, 0.3) is 5.91 Å². The molecule has 0 saturated heterocycles. The molecule has 1 fully saturated rings. The van der Waals surface area contributed by atoms with Crippen LogP contribution in [0.15, 0.2) is 22.7 Å². The van der Waals surface area contributed by atoms with Gasteiger partial charge in [0.15, 0.2) is 0 Å². The summed E-state index contributed by atoms with van der Waals surface area (Å²) in [6, 6.07) is 4.34. The van der Waals surface area contributed by atoms with Crippen LogP contribution in [0.3, 0.4) is 0 Å². The first-order chi connectivity index (χ1) is 9.00. The summed E-state index contributed by atoms with van der Waals surface area (Å²) in [7, 11) is 0. The second-order valence-electron chi connectivity index (χ2n) is 5.68. The normalized spacial score (nSPS) is 18.1. The molecule has 0 unspecified atom stereocenters. The molecular formula is C15H19BrFNO. The molecule has 0 aromatic heterocycles. The van der Waals surface area contributed by atoms with Crippen molar-refractivity contribution in [1.82, 2.24) is 5.32 Å². The lowest BCUT2D eigenvalue weighted by atomic mass is 9.76. The molecule has 0 radical (unpaired) electrons. The molecule has 4 heteroatoms. The van der Waals surface area contributed by atoms with Crippen LogP contribution in [-0.2, 0) is 0 Å². The van der Waals surface area contributed by atoms with Gasteiger partial charge in [-0.25, -0.2) is 4.39 Å². The summed E-state index contributed by atoms with van der Waals surface area (Å²) < 4.78 is 13.4. The van der Waals surface area contributed by atoms with E-state index in [0.717, 1.165) is 0 Å². The molecule has 1 aromatic carbocycles. The summed E-state index contributed by atoms with van der Waals surface area (Å²) in [6.07, 6.45) is 6.12. The van der Waals surface area contributed by atoms with Crippen molar-refractivity contribution in [3.05, 3.63) is 34.1 Å². The predicted molar refractivity (Wildman–Crippen MR) is 77.6 cm³/mol. The summed E-state index contributed by atoms with van der Waals surface area (Å²) in [5.41, 5.74) is 0.707. The van der Waals surface area contributed by atoms with E-state index < -0.39 is 0 Å². The number of carbonyl (C=O) groups excluding carboxylic acids is 1. The first kappa shape index (κ1) is 14.5. The van der Waals surface area contributed by atoms with Gasteiger partial charge in [-0.05, 0) is 52.4 Å². The lowest BCUT2D eigenvalue weighted by Gasteiger charge is -2.33. The van der Waals surface area contributed by atoms with Crippen LogP contribution < -0.4 is 5.32 Å². The Labute approximate surface area is 121 Å². The van der Waals surface area contributed by atoms with Crippen molar-refractivity contribution in [1.29, 1.82) is 0 Å². The minimum atomic E-state index is -0.351. The maximum atomic E-state index is 13.1. The Morgan fingerprint density at radius 1 is 1.37 bits per heavy atom. The minimum Gasteiger partial charge on any atom is -0.351 e. The fraction of sp³-hybridized carbons (Fsp3) is 0.533. The average Bonchev–Trinajstić information content (AvgIpc) is 2.40. The summed E-state index contributed by atoms with van der Waals surface area (Å²) in [5, 5.41) is 2.97. The highest BCUT2D eigenvalue weighted by Crippen LogP contribution is 2.35. The molecule has 0 heterocycles. The Morgan fingerprint density at radius 2 is 2.05 bits per heavy atom. The van der Waals surface area contributed by atoms with E-state index in [-0.39, 0.29) is 17.1 Å². The molecule has 0 atom stereocenters. The summed E-state index contributed by atoms with van der Waals surface area (Å²) in [4.78, 5) is 12.0. The van der Waals surface area contributed by atoms with E-state index in [1.165, 1.54) is 50.3 Å². The predicted octanol–water partition coefficient (Wildman–Crippen LogP) is 4.29. The standard InChI is InChI=1S/C15H19BrFNO/c1-15(7-3-2-4-8-15)10-18-14(19)11-5-6-13(17)12(16)9-11/h5-6,9H,2-4,7-8,10H2,1H3,(H,18,19). The van der Waals surface area contributed by atoms with E-state index in [2.05, 4.69) is 28.2 Å². The number of benzene rings is 1. The van der Waals surface area contributed by atoms with Crippen LogP contribution in [-0.4, -0.2) is 12.5 Å². The molecule has 0 bridgehead atoms. The minimum absolute atomic E-state index is 0.132. The van der Waals surface area contributed by atoms with Gasteiger partial charge in [-0.1, -0.05) is 26.2 Å². The lowest BCUT2D eigenvalue weighted by molar-refractivity contribution is 0.0919. The number of nitrogens with one attached hydrogen (secondary N) is 1. The third-order valence-electron chi connectivity index (χ3n) is 3.92. The molecule has 1 N–H and O–H groups in total. The third-order valence-corrected chi connectivity index (χ3v) is 4.53. The Bertz CT molecular complexity index is 469. The smallest absolute Gasteiger partial charge is 0.251 e. The van der Waals surface area contributed by atoms with Gasteiger partial charge in [-0.15, -0.1) is 0 Å². The number of rotatable bonds is 3. The van der Waals surface area contributed by atoms with Crippen molar-refractivity contribution in [2.45, 2.75) is 39.0 Å². The van der Waals surface area contributed by atoms with E-state index in [1.54, 1.807) is 0 Å². The molecule has 19 heavy (non-hydrogen) atoms. The first-order valence-electron chi connectivity index (χ1n) is 6.73. The fourth-order valence-electron chi connectivity index (χ4n) is 2.62. The number of hydrogen-bond acceptors (Lipinski definition) is 1. The topological polar surface area (TPSA) is 29.1 Å². The van der Waals surface area contributed by atoms with Crippen LogP contribution in [0.1, 0.15) is 49.4 Å². The highest BCUT2D eigenvalue weighted by atomic mass is 79.9. The molecule has 0 aliphatic heterocycles. The van der Waals surface area contributed by atoms with Crippen LogP contribution in [0.2, 0.25) is 0 Å². The van der Waals surface area contributed by atoms with E-state index in [9.17, 15) is 9.18 Å². The second-order valence-corrected chi connectivity index (χ2v) is 6.54. The molecule has 1 aliphatic carbocycles. The van der Waals surface area contributed by atoms with Crippen molar-refractivity contribution in [3.63, 3.8) is 0 Å². The second kappa shape index (κ2) is 6.04. The molecule has 1 saturated carbocycles. The maximum Gasteiger partial charge on any atom is 0.251 e. The van der Waals surface area contributed by atoms with Crippen LogP contribution in [0.4, 0.5) is 4.39 Å². The van der Waals surface area contributed by atoms with Gasteiger partial charge in [0, 0.05) is 12.1 Å². The zero-order valence-electron chi connectivity index (χ0n) is 11.1. The molecule has 1 amide bonds. The first-order valence-corrected chi connectivity index (χ1v) is 7.53. The number of halogens is 2.